The molecular weight excluding hydrogens is 250 g/mol. The minimum Gasteiger partial charge on any atom is -0.361 e. The molecule has 0 atom stereocenters. The molecule has 0 bridgehead atoms. The molecule has 4 nitrogen and oxygen atoms in total. The smallest absolute Gasteiger partial charge is 0.175 e. The second kappa shape index (κ2) is 5.00. The number of nitrogens with zero attached hydrogens (tertiary/aromatic N) is 3. The lowest BCUT2D eigenvalue weighted by Crippen LogP contribution is -1.78. The summed E-state index contributed by atoms with van der Waals surface area (Å²) in [6.07, 6.45) is 2.00. The first kappa shape index (κ1) is 11.0. The van der Waals surface area contributed by atoms with Gasteiger partial charge in [0.1, 0.15) is 5.76 Å². The molecule has 0 N–H and O–H groups in total. The van der Waals surface area contributed by atoms with Crippen molar-refractivity contribution in [3.05, 3.63) is 17.5 Å². The molecular formula is C8H9N3OS3. The molecule has 7 heteroatoms. The van der Waals surface area contributed by atoms with Gasteiger partial charge in [0.05, 0.1) is 5.69 Å². The van der Waals surface area contributed by atoms with Gasteiger partial charge >= 0.3 is 0 Å². The van der Waals surface area contributed by atoms with Crippen LogP contribution in [0.1, 0.15) is 11.5 Å². The van der Waals surface area contributed by atoms with Gasteiger partial charge in [-0.2, -0.15) is 0 Å². The molecule has 0 saturated carbocycles. The molecule has 0 spiro atoms. The molecule has 0 aliphatic rings. The molecule has 80 valence electrons. The quantitative estimate of drug-likeness (QED) is 0.787. The summed E-state index contributed by atoms with van der Waals surface area (Å²) in [6.45, 7) is 1.89. The Morgan fingerprint density at radius 1 is 1.40 bits per heavy atom. The van der Waals surface area contributed by atoms with E-state index in [1.165, 1.54) is 0 Å². The SMILES string of the molecule is CSc1nnc(SCc2cc(C)on2)s1. The Morgan fingerprint density at radius 2 is 2.20 bits per heavy atom. The van der Waals surface area contributed by atoms with Crippen molar-refractivity contribution in [2.75, 3.05) is 6.26 Å². The van der Waals surface area contributed by atoms with Crippen LogP contribution in [0.15, 0.2) is 19.3 Å². The van der Waals surface area contributed by atoms with Crippen LogP contribution in [0.2, 0.25) is 0 Å². The Balaban J connectivity index is 1.93. The highest BCUT2D eigenvalue weighted by atomic mass is 32.2. The molecule has 0 radical (unpaired) electrons. The van der Waals surface area contributed by atoms with Crippen LogP contribution in [0.3, 0.4) is 0 Å². The third kappa shape index (κ3) is 2.96. The van der Waals surface area contributed by atoms with E-state index in [0.717, 1.165) is 25.9 Å². The maximum atomic E-state index is 4.98. The summed E-state index contributed by atoms with van der Waals surface area (Å²) in [5, 5.41) is 12.0. The van der Waals surface area contributed by atoms with Crippen molar-refractivity contribution in [1.82, 2.24) is 15.4 Å². The van der Waals surface area contributed by atoms with Gasteiger partial charge < -0.3 is 4.52 Å². The lowest BCUT2D eigenvalue weighted by molar-refractivity contribution is 0.393. The first-order chi connectivity index (χ1) is 7.28. The van der Waals surface area contributed by atoms with Gasteiger partial charge in [0.25, 0.3) is 0 Å². The van der Waals surface area contributed by atoms with Crippen molar-refractivity contribution < 1.29 is 4.52 Å². The summed E-state index contributed by atoms with van der Waals surface area (Å²) in [4.78, 5) is 0. The van der Waals surface area contributed by atoms with Crippen LogP contribution in [0, 0.1) is 6.92 Å². The Morgan fingerprint density at radius 3 is 2.80 bits per heavy atom. The zero-order chi connectivity index (χ0) is 10.7. The van der Waals surface area contributed by atoms with Gasteiger partial charge in [-0.3, -0.25) is 0 Å². The predicted octanol–water partition coefficient (Wildman–Crippen LogP) is 2.85. The van der Waals surface area contributed by atoms with Crippen LogP contribution in [0.4, 0.5) is 0 Å². The zero-order valence-corrected chi connectivity index (χ0v) is 10.7. The highest BCUT2D eigenvalue weighted by molar-refractivity contribution is 8.02. The first-order valence-electron chi connectivity index (χ1n) is 4.20. The topological polar surface area (TPSA) is 51.8 Å². The average Bonchev–Trinajstić information content (AvgIpc) is 2.83. The molecule has 0 fully saturated rings. The number of hydrogen-bond donors (Lipinski definition) is 0. The maximum Gasteiger partial charge on any atom is 0.175 e. The van der Waals surface area contributed by atoms with Gasteiger partial charge in [0.15, 0.2) is 8.68 Å². The molecule has 2 aromatic heterocycles. The van der Waals surface area contributed by atoms with E-state index in [2.05, 4.69) is 15.4 Å². The normalized spacial score (nSPS) is 10.8. The minimum absolute atomic E-state index is 0.778. The summed E-state index contributed by atoms with van der Waals surface area (Å²) < 4.78 is 6.95. The van der Waals surface area contributed by atoms with Crippen LogP contribution in [0.5, 0.6) is 0 Å². The van der Waals surface area contributed by atoms with Crippen LogP contribution in [-0.4, -0.2) is 21.6 Å². The van der Waals surface area contributed by atoms with Crippen molar-refractivity contribution in [2.45, 2.75) is 21.4 Å². The molecule has 0 aliphatic heterocycles. The highest BCUT2D eigenvalue weighted by Gasteiger charge is 2.06. The number of hydrogen-bond acceptors (Lipinski definition) is 7. The maximum absolute atomic E-state index is 4.98. The summed E-state index contributed by atoms with van der Waals surface area (Å²) in [5.41, 5.74) is 0.943. The lowest BCUT2D eigenvalue weighted by Gasteiger charge is -1.89. The predicted molar refractivity (Wildman–Crippen MR) is 62.5 cm³/mol. The highest BCUT2D eigenvalue weighted by Crippen LogP contribution is 2.29. The fourth-order valence-electron chi connectivity index (χ4n) is 0.960. The fraction of sp³-hybridized carbons (Fsp3) is 0.375. The molecule has 15 heavy (non-hydrogen) atoms. The van der Waals surface area contributed by atoms with E-state index < -0.39 is 0 Å². The van der Waals surface area contributed by atoms with Gasteiger partial charge in [0.2, 0.25) is 0 Å². The molecule has 2 rings (SSSR count). The minimum atomic E-state index is 0.778. The van der Waals surface area contributed by atoms with E-state index in [9.17, 15) is 0 Å². The van der Waals surface area contributed by atoms with Crippen LogP contribution >= 0.6 is 34.9 Å². The van der Waals surface area contributed by atoms with E-state index in [-0.39, 0.29) is 0 Å². The Hall–Kier alpha value is -0.530. The fourth-order valence-corrected chi connectivity index (χ4v) is 3.28. The summed E-state index contributed by atoms with van der Waals surface area (Å²) in [7, 11) is 0. The molecule has 0 aliphatic carbocycles. The monoisotopic (exact) mass is 259 g/mol. The van der Waals surface area contributed by atoms with Crippen molar-refractivity contribution in [3.8, 4) is 0 Å². The summed E-state index contributed by atoms with van der Waals surface area (Å²) in [5.74, 6) is 1.62. The van der Waals surface area contributed by atoms with E-state index in [1.807, 2.05) is 19.2 Å². The van der Waals surface area contributed by atoms with Crippen LogP contribution < -0.4 is 0 Å². The van der Waals surface area contributed by atoms with Gasteiger partial charge in [-0.25, -0.2) is 0 Å². The second-order valence-electron chi connectivity index (χ2n) is 2.76. The van der Waals surface area contributed by atoms with Crippen LogP contribution in [0.25, 0.3) is 0 Å². The van der Waals surface area contributed by atoms with Crippen molar-refractivity contribution >= 4 is 34.9 Å². The molecule has 0 saturated heterocycles. The largest absolute Gasteiger partial charge is 0.361 e. The van der Waals surface area contributed by atoms with Crippen LogP contribution in [-0.2, 0) is 5.75 Å². The van der Waals surface area contributed by atoms with E-state index in [4.69, 9.17) is 4.52 Å². The number of aromatic nitrogens is 3. The lowest BCUT2D eigenvalue weighted by atomic mass is 10.4. The molecule has 2 heterocycles. The third-order valence-corrected chi connectivity index (χ3v) is 4.65. The average molecular weight is 259 g/mol. The van der Waals surface area contributed by atoms with Gasteiger partial charge in [0, 0.05) is 11.8 Å². The van der Waals surface area contributed by atoms with Crippen molar-refractivity contribution in [3.63, 3.8) is 0 Å². The number of rotatable bonds is 4. The van der Waals surface area contributed by atoms with Crippen molar-refractivity contribution in [2.24, 2.45) is 0 Å². The molecule has 0 unspecified atom stereocenters. The van der Waals surface area contributed by atoms with E-state index in [1.54, 1.807) is 34.9 Å². The first-order valence-corrected chi connectivity index (χ1v) is 7.23. The Labute approximate surface area is 99.8 Å². The Bertz CT molecular complexity index is 440. The van der Waals surface area contributed by atoms with E-state index >= 15 is 0 Å². The number of thioether (sulfide) groups is 2. The molecule has 0 aromatic carbocycles. The Kier molecular flexibility index (Phi) is 3.66. The standard InChI is InChI=1S/C8H9N3OS3/c1-5-3-6(11-12-5)4-14-8-10-9-7(13-2)15-8/h3H,4H2,1-2H3. The molecule has 2 aromatic rings. The third-order valence-electron chi connectivity index (χ3n) is 1.58. The number of aryl methyl sites for hydroxylation is 1. The molecule has 0 amide bonds. The van der Waals surface area contributed by atoms with Crippen molar-refractivity contribution in [1.29, 1.82) is 0 Å². The summed E-state index contributed by atoms with van der Waals surface area (Å²) >= 11 is 4.85. The zero-order valence-electron chi connectivity index (χ0n) is 8.26. The van der Waals surface area contributed by atoms with Gasteiger partial charge in [-0.1, -0.05) is 40.0 Å². The van der Waals surface area contributed by atoms with Gasteiger partial charge in [-0.05, 0) is 13.2 Å². The van der Waals surface area contributed by atoms with Gasteiger partial charge in [-0.15, -0.1) is 10.2 Å². The summed E-state index contributed by atoms with van der Waals surface area (Å²) in [6, 6.07) is 1.93. The van der Waals surface area contributed by atoms with E-state index in [0.29, 0.717) is 0 Å². The second-order valence-corrected chi connectivity index (χ2v) is 6.01.